The van der Waals surface area contributed by atoms with E-state index in [4.69, 9.17) is 132 Å². The number of oxazole rings is 3. The number of hydrogen-bond donors (Lipinski definition) is 0. The Bertz CT molecular complexity index is 2930. The van der Waals surface area contributed by atoms with Gasteiger partial charge in [0, 0.05) is 36.2 Å². The van der Waals surface area contributed by atoms with Gasteiger partial charge in [0.15, 0.2) is 0 Å². The van der Waals surface area contributed by atoms with Crippen molar-refractivity contribution in [2.45, 2.75) is 80.1 Å². The van der Waals surface area contributed by atoms with E-state index in [-0.39, 0.29) is 81.6 Å². The molecule has 0 unspecified atom stereocenters. The van der Waals surface area contributed by atoms with Crippen LogP contribution in [-0.2, 0) is 57.0 Å². The molecule has 16 nitrogen and oxygen atoms in total. The molecule has 0 atom stereocenters. The molecule has 0 N–H and O–H groups in total. The standard InChI is InChI=1S/C45H39Cl9N9O7P/c1-10-19-28(37(52)34(49)22(13-4)31(19)46)40-58-25(16-55)43(65-40)61(7)68-71(64,69-62(8)44-26(17-56)59-41(66-44)29-20(11-2)32(47)23(14-5)35(50)38(29)53)70-63(9)45-27(18-57)60-42(67-45)30-21(12-3)33(48)24(15-6)36(51)39(30)54/h10-15H2,1-9H3. The summed E-state index contributed by atoms with van der Waals surface area (Å²) in [4.78, 5) is 13.1. The third-order valence-corrected chi connectivity index (χ3v) is 16.3. The molecule has 0 amide bonds. The van der Waals surface area contributed by atoms with Crippen LogP contribution < -0.4 is 15.2 Å². The zero-order valence-corrected chi connectivity index (χ0v) is 46.7. The average Bonchev–Trinajstić information content (AvgIpc) is 4.10. The number of nitrogens with zero attached hydrogens (tertiary/aromatic N) is 9. The van der Waals surface area contributed by atoms with Gasteiger partial charge in [-0.3, -0.25) is 0 Å². The number of hydrogen-bond acceptors (Lipinski definition) is 16. The van der Waals surface area contributed by atoms with Crippen LogP contribution in [0.25, 0.3) is 34.4 Å². The van der Waals surface area contributed by atoms with E-state index in [2.05, 4.69) is 15.0 Å². The molecule has 3 aromatic heterocycles. The predicted octanol–water partition coefficient (Wildman–Crippen LogP) is 16.1. The van der Waals surface area contributed by atoms with Crippen molar-refractivity contribution in [1.29, 1.82) is 15.8 Å². The second-order valence-electron chi connectivity index (χ2n) is 15.0. The molecule has 6 aromatic rings. The predicted molar refractivity (Wildman–Crippen MR) is 277 cm³/mol. The number of aromatic nitrogens is 3. The third kappa shape index (κ3) is 10.4. The molecule has 0 radical (unpaired) electrons. The third-order valence-electron chi connectivity index (χ3n) is 11.0. The van der Waals surface area contributed by atoms with Crippen LogP contribution in [0.1, 0.15) is 92.0 Å². The molecule has 0 bridgehead atoms. The lowest BCUT2D eigenvalue weighted by atomic mass is 10.00. The highest BCUT2D eigenvalue weighted by molar-refractivity contribution is 7.48. The molecule has 3 heterocycles. The number of hydroxylamine groups is 3. The van der Waals surface area contributed by atoms with E-state index in [1.807, 2.05) is 59.8 Å². The Morgan fingerprint density at radius 1 is 0.423 bits per heavy atom. The van der Waals surface area contributed by atoms with E-state index in [1.165, 1.54) is 21.1 Å². The van der Waals surface area contributed by atoms with Crippen LogP contribution in [0.2, 0.25) is 45.2 Å². The van der Waals surface area contributed by atoms with Crippen molar-refractivity contribution in [2.24, 2.45) is 0 Å². The Morgan fingerprint density at radius 3 is 0.845 bits per heavy atom. The summed E-state index contributed by atoms with van der Waals surface area (Å²) in [6.45, 7) is 11.1. The maximum Gasteiger partial charge on any atom is 0.540 e. The summed E-state index contributed by atoms with van der Waals surface area (Å²) in [7, 11) is -1.76. The van der Waals surface area contributed by atoms with E-state index < -0.39 is 25.5 Å². The second kappa shape index (κ2) is 23.0. The number of anilines is 3. The largest absolute Gasteiger partial charge is 0.540 e. The smallest absolute Gasteiger partial charge is 0.417 e. The minimum absolute atomic E-state index is 0.0575. The van der Waals surface area contributed by atoms with Gasteiger partial charge in [-0.05, 0) is 71.9 Å². The Hall–Kier alpha value is -4.12. The molecule has 0 aliphatic heterocycles. The Kier molecular flexibility index (Phi) is 18.2. The zero-order valence-electron chi connectivity index (χ0n) is 39.0. The molecule has 3 aromatic carbocycles. The van der Waals surface area contributed by atoms with E-state index in [0.717, 1.165) is 15.2 Å². The maximum absolute atomic E-state index is 15.3. The number of phosphoric acid groups is 1. The monoisotopic (exact) mass is 1160 g/mol. The van der Waals surface area contributed by atoms with Crippen LogP contribution in [0.5, 0.6) is 0 Å². The lowest BCUT2D eigenvalue weighted by Crippen LogP contribution is -2.27. The van der Waals surface area contributed by atoms with Crippen molar-refractivity contribution in [3.05, 3.63) is 95.7 Å². The zero-order chi connectivity index (χ0) is 52.5. The van der Waals surface area contributed by atoms with Crippen molar-refractivity contribution < 1.29 is 31.7 Å². The first-order chi connectivity index (χ1) is 33.7. The molecule has 26 heteroatoms. The number of nitriles is 3. The van der Waals surface area contributed by atoms with Crippen LogP contribution in [0, 0.1) is 34.0 Å². The fourth-order valence-electron chi connectivity index (χ4n) is 7.61. The highest BCUT2D eigenvalue weighted by Crippen LogP contribution is 2.55. The summed E-state index contributed by atoms with van der Waals surface area (Å²) >= 11 is 60.7. The van der Waals surface area contributed by atoms with Gasteiger partial charge in [0.25, 0.3) is 17.7 Å². The van der Waals surface area contributed by atoms with E-state index >= 15 is 4.57 Å². The first kappa shape index (κ1) is 56.2. The van der Waals surface area contributed by atoms with Gasteiger partial charge in [-0.1, -0.05) is 146 Å². The molecule has 0 spiro atoms. The van der Waals surface area contributed by atoms with Gasteiger partial charge in [-0.25, -0.2) is 19.8 Å². The summed E-state index contributed by atoms with van der Waals surface area (Å²) < 4.78 is 51.4. The molecule has 0 fully saturated rings. The Labute approximate surface area is 453 Å². The Balaban J connectivity index is 1.48. The topological polar surface area (TPSA) is 204 Å². The molecular weight excluding hydrogens is 1130 g/mol. The summed E-state index contributed by atoms with van der Waals surface area (Å²) in [5.41, 5.74) is 2.78. The van der Waals surface area contributed by atoms with Crippen LogP contribution in [0.3, 0.4) is 0 Å². The number of benzene rings is 3. The highest BCUT2D eigenvalue weighted by atomic mass is 35.5. The van der Waals surface area contributed by atoms with E-state index in [0.29, 0.717) is 87.0 Å². The molecule has 0 aliphatic carbocycles. The molecule has 0 saturated carbocycles. The van der Waals surface area contributed by atoms with Gasteiger partial charge in [-0.2, -0.15) is 44.6 Å². The van der Waals surface area contributed by atoms with Gasteiger partial charge in [0.2, 0.25) is 34.8 Å². The summed E-state index contributed by atoms with van der Waals surface area (Å²) in [5, 5.41) is 34.7. The first-order valence-electron chi connectivity index (χ1n) is 21.3. The second-order valence-corrected chi connectivity index (χ2v) is 19.8. The average molecular weight is 1170 g/mol. The molecular formula is C45H39Cl9N9O7P. The summed E-state index contributed by atoms with van der Waals surface area (Å²) in [5.74, 6) is -1.87. The molecule has 0 aliphatic rings. The summed E-state index contributed by atoms with van der Waals surface area (Å²) in [6, 6.07) is 5.74. The Morgan fingerprint density at radius 2 is 0.648 bits per heavy atom. The fourth-order valence-corrected chi connectivity index (χ4v) is 12.2. The van der Waals surface area contributed by atoms with Crippen molar-refractivity contribution in [3.8, 4) is 52.6 Å². The van der Waals surface area contributed by atoms with Crippen molar-refractivity contribution >= 4 is 130 Å². The minimum Gasteiger partial charge on any atom is -0.417 e. The maximum atomic E-state index is 15.3. The van der Waals surface area contributed by atoms with Crippen molar-refractivity contribution in [3.63, 3.8) is 0 Å². The van der Waals surface area contributed by atoms with Crippen molar-refractivity contribution in [2.75, 3.05) is 36.3 Å². The number of halogens is 9. The van der Waals surface area contributed by atoms with Gasteiger partial charge >= 0.3 is 7.82 Å². The fraction of sp³-hybridized carbons (Fsp3) is 0.333. The SMILES string of the molecule is CCc1c(Cl)c(Cl)c(-c2nc(C#N)c(N(C)OP(=O)(ON(C)c3oc(-c4c(Cl)c(Cl)c(CC)c(Cl)c4CC)nc3C#N)ON(C)c3oc(-c4c(Cl)c(Cl)c(CC)c(Cl)c4CC)nc3C#N)o2)c(CC)c1Cl. The van der Waals surface area contributed by atoms with E-state index in [1.54, 1.807) is 0 Å². The van der Waals surface area contributed by atoms with Gasteiger partial charge in [0.05, 0.1) is 46.8 Å². The highest BCUT2D eigenvalue weighted by Gasteiger charge is 2.41. The lowest BCUT2D eigenvalue weighted by Gasteiger charge is -2.27. The normalized spacial score (nSPS) is 11.5. The van der Waals surface area contributed by atoms with Crippen LogP contribution >= 0.6 is 112 Å². The van der Waals surface area contributed by atoms with Gasteiger partial charge < -0.3 is 13.3 Å². The van der Waals surface area contributed by atoms with Crippen LogP contribution in [0.15, 0.2) is 13.3 Å². The molecule has 0 saturated heterocycles. The minimum atomic E-state index is -5.34. The summed E-state index contributed by atoms with van der Waals surface area (Å²) in [6.07, 6.45) is 2.44. The quantitative estimate of drug-likeness (QED) is 0.0446. The van der Waals surface area contributed by atoms with Crippen LogP contribution in [0.4, 0.5) is 17.7 Å². The molecule has 71 heavy (non-hydrogen) atoms. The first-order valence-corrected chi connectivity index (χ1v) is 26.2. The van der Waals surface area contributed by atoms with Crippen molar-refractivity contribution in [1.82, 2.24) is 15.0 Å². The lowest BCUT2D eigenvalue weighted by molar-refractivity contribution is 0.0900. The van der Waals surface area contributed by atoms with Gasteiger partial charge in [-0.15, -0.1) is 0 Å². The number of rotatable bonds is 18. The molecule has 6 rings (SSSR count). The van der Waals surface area contributed by atoms with Crippen LogP contribution in [-0.4, -0.2) is 36.1 Å². The molecule has 374 valence electrons. The van der Waals surface area contributed by atoms with E-state index in [9.17, 15) is 15.8 Å². The van der Waals surface area contributed by atoms with Gasteiger partial charge in [0.1, 0.15) is 18.2 Å².